The van der Waals surface area contributed by atoms with Crippen molar-refractivity contribution in [2.24, 2.45) is 5.92 Å². The van der Waals surface area contributed by atoms with Crippen LogP contribution < -0.4 is 0 Å². The molecule has 3 rings (SSSR count). The van der Waals surface area contributed by atoms with Gasteiger partial charge < -0.3 is 9.52 Å². The molecular weight excluding hydrogens is 310 g/mol. The summed E-state index contributed by atoms with van der Waals surface area (Å²) in [5.41, 5.74) is 1.55. The lowest BCUT2D eigenvalue weighted by molar-refractivity contribution is -0.384. The highest BCUT2D eigenvalue weighted by Crippen LogP contribution is 2.26. The number of likely N-dealkylation sites (tertiary alicyclic amines) is 1. The second-order valence-electron chi connectivity index (χ2n) is 6.29. The van der Waals surface area contributed by atoms with E-state index in [1.165, 1.54) is 12.1 Å². The van der Waals surface area contributed by atoms with Crippen molar-refractivity contribution >= 4 is 5.69 Å². The number of nitro benzene ring substituents is 1. The van der Waals surface area contributed by atoms with Crippen molar-refractivity contribution in [3.8, 4) is 11.5 Å². The van der Waals surface area contributed by atoms with Gasteiger partial charge in [-0.3, -0.25) is 15.0 Å². The van der Waals surface area contributed by atoms with Gasteiger partial charge in [-0.25, -0.2) is 4.98 Å². The number of nitro groups is 1. The maximum absolute atomic E-state index is 10.7. The molecule has 1 aromatic carbocycles. The minimum absolute atomic E-state index is 0.0404. The summed E-state index contributed by atoms with van der Waals surface area (Å²) in [6, 6.07) is 6.29. The summed E-state index contributed by atoms with van der Waals surface area (Å²) in [4.78, 5) is 17.0. The standard InChI is InChI=1S/C17H21N3O4/c1-12-3-2-8-19(16(12)10-21)9-14-11-24-17(18-14)13-4-6-15(7-5-13)20(22)23/h4-7,11-12,16,21H,2-3,8-10H2,1H3. The van der Waals surface area contributed by atoms with Crippen molar-refractivity contribution in [3.63, 3.8) is 0 Å². The third-order valence-electron chi connectivity index (χ3n) is 4.66. The molecule has 0 aliphatic carbocycles. The van der Waals surface area contributed by atoms with Gasteiger partial charge in [0, 0.05) is 30.3 Å². The number of piperidine rings is 1. The van der Waals surface area contributed by atoms with Crippen LogP contribution >= 0.6 is 0 Å². The van der Waals surface area contributed by atoms with Crippen LogP contribution in [0.15, 0.2) is 34.9 Å². The molecular formula is C17H21N3O4. The van der Waals surface area contributed by atoms with Gasteiger partial charge >= 0.3 is 0 Å². The van der Waals surface area contributed by atoms with E-state index < -0.39 is 4.92 Å². The Balaban J connectivity index is 1.72. The van der Waals surface area contributed by atoms with Crippen LogP contribution in [0.3, 0.4) is 0 Å². The van der Waals surface area contributed by atoms with Gasteiger partial charge in [0.15, 0.2) is 0 Å². The molecule has 0 radical (unpaired) electrons. The van der Waals surface area contributed by atoms with Gasteiger partial charge in [0.2, 0.25) is 5.89 Å². The Kier molecular flexibility index (Phi) is 4.92. The number of aromatic nitrogens is 1. The summed E-state index contributed by atoms with van der Waals surface area (Å²) >= 11 is 0. The molecule has 1 aliphatic heterocycles. The lowest BCUT2D eigenvalue weighted by Crippen LogP contribution is -2.46. The SMILES string of the molecule is CC1CCCN(Cc2coc(-c3ccc([N+](=O)[O-])cc3)n2)C1CO. The lowest BCUT2D eigenvalue weighted by Gasteiger charge is -2.38. The topological polar surface area (TPSA) is 92.6 Å². The van der Waals surface area contributed by atoms with E-state index in [4.69, 9.17) is 4.42 Å². The predicted octanol–water partition coefficient (Wildman–Crippen LogP) is 2.84. The quantitative estimate of drug-likeness (QED) is 0.669. The number of oxazole rings is 1. The molecule has 0 amide bonds. The first-order valence-corrected chi connectivity index (χ1v) is 8.12. The van der Waals surface area contributed by atoms with Gasteiger partial charge in [0.25, 0.3) is 5.69 Å². The summed E-state index contributed by atoms with van der Waals surface area (Å²) in [6.45, 7) is 3.88. The summed E-state index contributed by atoms with van der Waals surface area (Å²) in [7, 11) is 0. The number of hydrogen-bond donors (Lipinski definition) is 1. The number of hydrogen-bond acceptors (Lipinski definition) is 6. The van der Waals surface area contributed by atoms with Crippen LogP contribution in [-0.4, -0.2) is 39.1 Å². The highest BCUT2D eigenvalue weighted by Gasteiger charge is 2.28. The number of nitrogens with zero attached hydrogens (tertiary/aromatic N) is 3. The van der Waals surface area contributed by atoms with Gasteiger partial charge in [-0.05, 0) is 37.4 Å². The molecule has 24 heavy (non-hydrogen) atoms. The van der Waals surface area contributed by atoms with Crippen LogP contribution in [0.5, 0.6) is 0 Å². The van der Waals surface area contributed by atoms with Gasteiger partial charge in [-0.15, -0.1) is 0 Å². The number of non-ortho nitro benzene ring substituents is 1. The number of aliphatic hydroxyl groups excluding tert-OH is 1. The molecule has 7 heteroatoms. The summed E-state index contributed by atoms with van der Waals surface area (Å²) < 4.78 is 5.52. The average molecular weight is 331 g/mol. The Hall–Kier alpha value is -2.25. The van der Waals surface area contributed by atoms with Crippen LogP contribution in [0.25, 0.3) is 11.5 Å². The van der Waals surface area contributed by atoms with Crippen LogP contribution in [-0.2, 0) is 6.54 Å². The van der Waals surface area contributed by atoms with Gasteiger partial charge in [-0.1, -0.05) is 6.92 Å². The second-order valence-corrected chi connectivity index (χ2v) is 6.29. The molecule has 0 spiro atoms. The second kappa shape index (κ2) is 7.11. The zero-order valence-corrected chi connectivity index (χ0v) is 13.6. The lowest BCUT2D eigenvalue weighted by atomic mass is 9.91. The van der Waals surface area contributed by atoms with E-state index in [1.54, 1.807) is 18.4 Å². The van der Waals surface area contributed by atoms with Crippen molar-refractivity contribution in [3.05, 3.63) is 46.3 Å². The molecule has 2 heterocycles. The molecule has 2 aromatic rings. The minimum Gasteiger partial charge on any atom is -0.444 e. The van der Waals surface area contributed by atoms with Crippen molar-refractivity contribution < 1.29 is 14.4 Å². The third-order valence-corrected chi connectivity index (χ3v) is 4.66. The molecule has 2 unspecified atom stereocenters. The molecule has 1 aromatic heterocycles. The van der Waals surface area contributed by atoms with Crippen LogP contribution in [0.1, 0.15) is 25.5 Å². The minimum atomic E-state index is -0.433. The zero-order valence-electron chi connectivity index (χ0n) is 13.6. The Bertz CT molecular complexity index is 698. The molecule has 1 saturated heterocycles. The van der Waals surface area contributed by atoms with Gasteiger partial charge in [0.05, 0.1) is 17.2 Å². The smallest absolute Gasteiger partial charge is 0.269 e. The van der Waals surface area contributed by atoms with Crippen LogP contribution in [0.2, 0.25) is 0 Å². The van der Waals surface area contributed by atoms with Crippen molar-refractivity contribution in [1.29, 1.82) is 0 Å². The van der Waals surface area contributed by atoms with E-state index in [0.29, 0.717) is 23.9 Å². The van der Waals surface area contributed by atoms with Crippen molar-refractivity contribution in [2.75, 3.05) is 13.2 Å². The molecule has 2 atom stereocenters. The van der Waals surface area contributed by atoms with Gasteiger partial charge in [-0.2, -0.15) is 0 Å². The first kappa shape index (κ1) is 16.6. The van der Waals surface area contributed by atoms with E-state index >= 15 is 0 Å². The predicted molar refractivity (Wildman–Crippen MR) is 88.3 cm³/mol. The Morgan fingerprint density at radius 2 is 2.17 bits per heavy atom. The van der Waals surface area contributed by atoms with E-state index in [0.717, 1.165) is 25.1 Å². The Morgan fingerprint density at radius 1 is 1.42 bits per heavy atom. The molecule has 0 saturated carbocycles. The largest absolute Gasteiger partial charge is 0.444 e. The molecule has 7 nitrogen and oxygen atoms in total. The van der Waals surface area contributed by atoms with Crippen molar-refractivity contribution in [1.82, 2.24) is 9.88 Å². The van der Waals surface area contributed by atoms with Gasteiger partial charge in [0.1, 0.15) is 6.26 Å². The van der Waals surface area contributed by atoms with E-state index in [-0.39, 0.29) is 18.3 Å². The number of rotatable bonds is 5. The first-order valence-electron chi connectivity index (χ1n) is 8.12. The molecule has 1 aliphatic rings. The van der Waals surface area contributed by atoms with Crippen LogP contribution in [0.4, 0.5) is 5.69 Å². The normalized spacial score (nSPS) is 21.8. The van der Waals surface area contributed by atoms with Crippen LogP contribution in [0, 0.1) is 16.0 Å². The number of benzene rings is 1. The zero-order chi connectivity index (χ0) is 17.1. The molecule has 0 bridgehead atoms. The Morgan fingerprint density at radius 3 is 2.83 bits per heavy atom. The summed E-state index contributed by atoms with van der Waals surface area (Å²) in [5, 5.41) is 20.3. The fourth-order valence-electron chi connectivity index (χ4n) is 3.27. The number of aliphatic hydroxyl groups is 1. The van der Waals surface area contributed by atoms with Crippen molar-refractivity contribution in [2.45, 2.75) is 32.4 Å². The summed E-state index contributed by atoms with van der Waals surface area (Å²) in [5.74, 6) is 0.912. The molecule has 128 valence electrons. The third kappa shape index (κ3) is 3.47. The maximum Gasteiger partial charge on any atom is 0.269 e. The molecule has 1 fully saturated rings. The maximum atomic E-state index is 10.7. The monoisotopic (exact) mass is 331 g/mol. The highest BCUT2D eigenvalue weighted by molar-refractivity contribution is 5.55. The molecule has 1 N–H and O–H groups in total. The summed E-state index contributed by atoms with van der Waals surface area (Å²) in [6.07, 6.45) is 3.86. The fourth-order valence-corrected chi connectivity index (χ4v) is 3.27. The van der Waals surface area contributed by atoms with E-state index in [1.807, 2.05) is 0 Å². The average Bonchev–Trinajstić information content (AvgIpc) is 3.04. The van der Waals surface area contributed by atoms with E-state index in [9.17, 15) is 15.2 Å². The van der Waals surface area contributed by atoms with E-state index in [2.05, 4.69) is 16.8 Å². The Labute approximate surface area is 140 Å². The highest BCUT2D eigenvalue weighted by atomic mass is 16.6. The first-order chi connectivity index (χ1) is 11.6. The fraction of sp³-hybridized carbons (Fsp3) is 0.471.